The van der Waals surface area contributed by atoms with E-state index in [-0.39, 0.29) is 18.0 Å². The van der Waals surface area contributed by atoms with Gasteiger partial charge in [-0.15, -0.1) is 0 Å². The fourth-order valence-corrected chi connectivity index (χ4v) is 3.02. The second-order valence-electron chi connectivity index (χ2n) is 6.86. The number of nitrogens with one attached hydrogen (secondary N) is 1. The van der Waals surface area contributed by atoms with Crippen molar-refractivity contribution >= 4 is 5.91 Å². The predicted molar refractivity (Wildman–Crippen MR) is 115 cm³/mol. The molecule has 0 aliphatic carbocycles. The number of hydrogen-bond acceptors (Lipinski definition) is 5. The summed E-state index contributed by atoms with van der Waals surface area (Å²) in [5.41, 5.74) is 3.15. The van der Waals surface area contributed by atoms with Gasteiger partial charge in [-0.3, -0.25) is 9.59 Å². The molecule has 7 nitrogen and oxygen atoms in total. The third kappa shape index (κ3) is 5.26. The zero-order valence-electron chi connectivity index (χ0n) is 17.3. The van der Waals surface area contributed by atoms with Crippen LogP contribution in [-0.4, -0.2) is 36.5 Å². The molecule has 0 radical (unpaired) electrons. The molecule has 7 heteroatoms. The Labute approximate surface area is 175 Å². The quantitative estimate of drug-likeness (QED) is 0.621. The maximum Gasteiger partial charge on any atom is 0.266 e. The van der Waals surface area contributed by atoms with E-state index in [1.165, 1.54) is 10.7 Å². The van der Waals surface area contributed by atoms with E-state index in [4.69, 9.17) is 9.47 Å². The van der Waals surface area contributed by atoms with Gasteiger partial charge >= 0.3 is 0 Å². The van der Waals surface area contributed by atoms with E-state index in [0.29, 0.717) is 35.7 Å². The highest BCUT2D eigenvalue weighted by Gasteiger charge is 2.11. The lowest BCUT2D eigenvalue weighted by atomic mass is 10.1. The first-order chi connectivity index (χ1) is 14.5. The Kier molecular flexibility index (Phi) is 6.85. The van der Waals surface area contributed by atoms with E-state index in [1.54, 1.807) is 38.5 Å². The van der Waals surface area contributed by atoms with Gasteiger partial charge in [-0.25, -0.2) is 4.68 Å². The van der Waals surface area contributed by atoms with Gasteiger partial charge in [-0.05, 0) is 36.8 Å². The number of aryl methyl sites for hydroxylation is 1. The summed E-state index contributed by atoms with van der Waals surface area (Å²) in [6.45, 7) is 2.57. The SMILES string of the molecule is COc1ccc(OC)c(-c2ccc(=O)n(CCNC(=O)Cc3ccc(C)cc3)n2)c1. The topological polar surface area (TPSA) is 82.5 Å². The monoisotopic (exact) mass is 407 g/mol. The summed E-state index contributed by atoms with van der Waals surface area (Å²) in [5, 5.41) is 7.27. The average molecular weight is 407 g/mol. The van der Waals surface area contributed by atoms with Gasteiger partial charge in [-0.1, -0.05) is 29.8 Å². The van der Waals surface area contributed by atoms with Crippen LogP contribution in [0.1, 0.15) is 11.1 Å². The van der Waals surface area contributed by atoms with Gasteiger partial charge in [0.05, 0.1) is 32.9 Å². The van der Waals surface area contributed by atoms with Gasteiger partial charge in [0.25, 0.3) is 5.56 Å². The second-order valence-corrected chi connectivity index (χ2v) is 6.86. The first kappa shape index (κ1) is 21.1. The fourth-order valence-electron chi connectivity index (χ4n) is 3.02. The van der Waals surface area contributed by atoms with Crippen LogP contribution in [0.2, 0.25) is 0 Å². The summed E-state index contributed by atoms with van der Waals surface area (Å²) < 4.78 is 12.0. The fraction of sp³-hybridized carbons (Fsp3) is 0.261. The van der Waals surface area contributed by atoms with Crippen LogP contribution in [0.5, 0.6) is 11.5 Å². The summed E-state index contributed by atoms with van der Waals surface area (Å²) in [4.78, 5) is 24.4. The van der Waals surface area contributed by atoms with Crippen LogP contribution in [0.4, 0.5) is 0 Å². The standard InChI is InChI=1S/C23H25N3O4/c1-16-4-6-17(7-5-16)14-22(27)24-12-13-26-23(28)11-9-20(25-26)19-15-18(29-2)8-10-21(19)30-3/h4-11,15H,12-14H2,1-3H3,(H,24,27). The number of nitrogens with zero attached hydrogens (tertiary/aromatic N) is 2. The lowest BCUT2D eigenvalue weighted by Crippen LogP contribution is -2.32. The Bertz CT molecular complexity index is 1070. The van der Waals surface area contributed by atoms with Crippen molar-refractivity contribution in [3.8, 4) is 22.8 Å². The lowest BCUT2D eigenvalue weighted by Gasteiger charge is -2.12. The zero-order chi connectivity index (χ0) is 21.5. The van der Waals surface area contributed by atoms with Crippen molar-refractivity contribution in [2.75, 3.05) is 20.8 Å². The highest BCUT2D eigenvalue weighted by atomic mass is 16.5. The van der Waals surface area contributed by atoms with Gasteiger partial charge in [-0.2, -0.15) is 5.10 Å². The number of carbonyl (C=O) groups is 1. The van der Waals surface area contributed by atoms with Crippen LogP contribution in [0, 0.1) is 6.92 Å². The molecule has 0 saturated carbocycles. The second kappa shape index (κ2) is 9.73. The number of carbonyl (C=O) groups excluding carboxylic acids is 1. The summed E-state index contributed by atoms with van der Waals surface area (Å²) in [6.07, 6.45) is 0.295. The first-order valence-electron chi connectivity index (χ1n) is 9.63. The number of hydrogen-bond donors (Lipinski definition) is 1. The molecular formula is C23H25N3O4. The molecule has 1 heterocycles. The van der Waals surface area contributed by atoms with Gasteiger partial charge < -0.3 is 14.8 Å². The van der Waals surface area contributed by atoms with E-state index in [9.17, 15) is 9.59 Å². The minimum atomic E-state index is -0.242. The number of rotatable bonds is 8. The van der Waals surface area contributed by atoms with Crippen molar-refractivity contribution in [1.29, 1.82) is 0 Å². The molecule has 0 aliphatic rings. The van der Waals surface area contributed by atoms with Crippen molar-refractivity contribution in [3.05, 3.63) is 76.1 Å². The number of amides is 1. The van der Waals surface area contributed by atoms with Crippen molar-refractivity contribution in [1.82, 2.24) is 15.1 Å². The van der Waals surface area contributed by atoms with E-state index in [2.05, 4.69) is 10.4 Å². The molecule has 0 fully saturated rings. The molecule has 3 aromatic rings. The molecule has 3 rings (SSSR count). The van der Waals surface area contributed by atoms with E-state index < -0.39 is 0 Å². The Hall–Kier alpha value is -3.61. The van der Waals surface area contributed by atoms with Crippen LogP contribution >= 0.6 is 0 Å². The van der Waals surface area contributed by atoms with Crippen molar-refractivity contribution < 1.29 is 14.3 Å². The molecule has 1 aromatic heterocycles. The minimum absolute atomic E-state index is 0.0995. The van der Waals surface area contributed by atoms with Crippen LogP contribution in [-0.2, 0) is 17.8 Å². The Morgan fingerprint density at radius 3 is 2.50 bits per heavy atom. The molecule has 0 atom stereocenters. The van der Waals surface area contributed by atoms with E-state index in [1.807, 2.05) is 31.2 Å². The highest BCUT2D eigenvalue weighted by molar-refractivity contribution is 5.78. The van der Waals surface area contributed by atoms with Gasteiger partial charge in [0.2, 0.25) is 5.91 Å². The molecule has 0 unspecified atom stereocenters. The Morgan fingerprint density at radius 1 is 1.03 bits per heavy atom. The molecule has 0 spiro atoms. The molecular weight excluding hydrogens is 382 g/mol. The van der Waals surface area contributed by atoms with Crippen LogP contribution in [0.25, 0.3) is 11.3 Å². The maximum absolute atomic E-state index is 12.2. The summed E-state index contributed by atoms with van der Waals surface area (Å²) >= 11 is 0. The predicted octanol–water partition coefficient (Wildman–Crippen LogP) is 2.59. The van der Waals surface area contributed by atoms with Gasteiger partial charge in [0, 0.05) is 18.2 Å². The number of aromatic nitrogens is 2. The average Bonchev–Trinajstić information content (AvgIpc) is 2.76. The number of benzene rings is 2. The summed E-state index contributed by atoms with van der Waals surface area (Å²) in [7, 11) is 3.16. The largest absolute Gasteiger partial charge is 0.497 e. The molecule has 30 heavy (non-hydrogen) atoms. The normalized spacial score (nSPS) is 10.5. The molecule has 1 amide bonds. The summed E-state index contributed by atoms with van der Waals surface area (Å²) in [6, 6.07) is 16.3. The maximum atomic E-state index is 12.2. The zero-order valence-corrected chi connectivity index (χ0v) is 17.3. The van der Waals surface area contributed by atoms with E-state index >= 15 is 0 Å². The minimum Gasteiger partial charge on any atom is -0.497 e. The molecule has 0 saturated heterocycles. The number of methoxy groups -OCH3 is 2. The Balaban J connectivity index is 1.68. The molecule has 0 aliphatic heterocycles. The number of ether oxygens (including phenoxy) is 2. The van der Waals surface area contributed by atoms with Gasteiger partial charge in [0.15, 0.2) is 0 Å². The summed E-state index contributed by atoms with van der Waals surface area (Å²) in [5.74, 6) is 1.19. The third-order valence-electron chi connectivity index (χ3n) is 4.68. The smallest absolute Gasteiger partial charge is 0.266 e. The lowest BCUT2D eigenvalue weighted by molar-refractivity contribution is -0.120. The van der Waals surface area contributed by atoms with E-state index in [0.717, 1.165) is 11.1 Å². The molecule has 2 aromatic carbocycles. The first-order valence-corrected chi connectivity index (χ1v) is 9.63. The third-order valence-corrected chi connectivity index (χ3v) is 4.68. The van der Waals surface area contributed by atoms with Crippen molar-refractivity contribution in [2.45, 2.75) is 19.9 Å². The van der Waals surface area contributed by atoms with Crippen molar-refractivity contribution in [3.63, 3.8) is 0 Å². The molecule has 1 N–H and O–H groups in total. The molecule has 0 bridgehead atoms. The van der Waals surface area contributed by atoms with Crippen LogP contribution in [0.3, 0.4) is 0 Å². The van der Waals surface area contributed by atoms with Crippen LogP contribution in [0.15, 0.2) is 59.4 Å². The highest BCUT2D eigenvalue weighted by Crippen LogP contribution is 2.31. The van der Waals surface area contributed by atoms with Crippen molar-refractivity contribution in [2.24, 2.45) is 0 Å². The van der Waals surface area contributed by atoms with Crippen LogP contribution < -0.4 is 20.3 Å². The Morgan fingerprint density at radius 2 is 1.80 bits per heavy atom. The molecule has 156 valence electrons. The van der Waals surface area contributed by atoms with Gasteiger partial charge in [0.1, 0.15) is 11.5 Å².